The van der Waals surface area contributed by atoms with Crippen molar-refractivity contribution in [3.63, 3.8) is 0 Å². The van der Waals surface area contributed by atoms with Crippen molar-refractivity contribution in [3.05, 3.63) is 161 Å². The Labute approximate surface area is 506 Å². The number of rotatable bonds is 18. The molecule has 0 bridgehead atoms. The summed E-state index contributed by atoms with van der Waals surface area (Å²) in [5.41, 5.74) is 4.85. The van der Waals surface area contributed by atoms with E-state index in [4.69, 9.17) is 59.5 Å². The Morgan fingerprint density at radius 3 is 2.25 bits per heavy atom. The molecule has 0 unspecified atom stereocenters. The normalized spacial score (nSPS) is 15.6. The van der Waals surface area contributed by atoms with Gasteiger partial charge < -0.3 is 38.5 Å². The summed E-state index contributed by atoms with van der Waals surface area (Å²) in [6.07, 6.45) is 10.8. The molecule has 0 radical (unpaired) electrons. The molecule has 26 heteroatoms. The zero-order valence-corrected chi connectivity index (χ0v) is 50.2. The summed E-state index contributed by atoms with van der Waals surface area (Å²) < 4.78 is 50.5. The number of amides is 3. The number of benzene rings is 4. The molecule has 0 atom stereocenters. The van der Waals surface area contributed by atoms with Crippen molar-refractivity contribution >= 4 is 165 Å². The quantitative estimate of drug-likeness (QED) is 0.0313. The van der Waals surface area contributed by atoms with Crippen molar-refractivity contribution in [2.45, 2.75) is 31.8 Å². The summed E-state index contributed by atoms with van der Waals surface area (Å²) >= 11 is 23.3. The molecule has 6 aromatic rings. The van der Waals surface area contributed by atoms with E-state index in [1.54, 1.807) is 61.8 Å². The second-order valence-electron chi connectivity index (χ2n) is 18.2. The van der Waals surface area contributed by atoms with Crippen molar-refractivity contribution in [1.29, 1.82) is 0 Å². The number of esters is 1. The van der Waals surface area contributed by atoms with Crippen LogP contribution in [0.4, 0.5) is 5.69 Å². The highest BCUT2D eigenvalue weighted by Crippen LogP contribution is 2.43. The largest absolute Gasteiger partial charge is 0.494 e. The highest BCUT2D eigenvalue weighted by molar-refractivity contribution is 9.10. The van der Waals surface area contributed by atoms with Crippen LogP contribution >= 0.6 is 75.5 Å². The standard InChI is InChI=1S/C57H43BrClN5O14S5/c1-29-50(55(72)76-4)42(52(69)62(29)15-16-63-53(70)47(81-56(63)79)20-31-18-43(59)51(46(19-31)75-3)78-83(73,74)39-10-8-38(9-11-39)61-30(2)65)24-41-40-12-5-33(21-34(40)6-13-44(41)66)36-17-32(25-60-26-36)27-64-54(71)48(82-57(64)80)23-35-22-37(58)7-14-45(35)77-28-49(67)68/h5-14,17-26,69H,15-16,27-28H2,1-4H3,(H,61,65)(H,67,68). The van der Waals surface area contributed by atoms with Gasteiger partial charge in [0.25, 0.3) is 11.8 Å². The van der Waals surface area contributed by atoms with Crippen LogP contribution in [-0.4, -0.2) is 109 Å². The Bertz CT molecular complexity index is 4050. The maximum Gasteiger partial charge on any atom is 0.341 e. The number of allylic oxidation sites excluding steroid dienone is 2. The summed E-state index contributed by atoms with van der Waals surface area (Å²) in [7, 11) is -1.96. The summed E-state index contributed by atoms with van der Waals surface area (Å²) in [6.45, 7) is 2.31. The van der Waals surface area contributed by atoms with Gasteiger partial charge in [-0.1, -0.05) is 93.7 Å². The number of fused-ring (bicyclic) bond motifs is 1. The molecular weight excluding hydrogens is 1250 g/mol. The molecule has 0 saturated carbocycles. The summed E-state index contributed by atoms with van der Waals surface area (Å²) in [6, 6.07) is 20.4. The van der Waals surface area contributed by atoms with Crippen molar-refractivity contribution < 1.29 is 65.8 Å². The molecule has 83 heavy (non-hydrogen) atoms. The summed E-state index contributed by atoms with van der Waals surface area (Å²) in [5, 5.41) is 23.4. The molecule has 424 valence electrons. The molecule has 1 aliphatic carbocycles. The van der Waals surface area contributed by atoms with Crippen molar-refractivity contribution in [2.75, 3.05) is 32.7 Å². The van der Waals surface area contributed by atoms with Crippen LogP contribution in [0.2, 0.25) is 5.02 Å². The summed E-state index contributed by atoms with van der Waals surface area (Å²) in [4.78, 5) is 84.9. The molecule has 3 amide bonds. The molecule has 2 fully saturated rings. The van der Waals surface area contributed by atoms with Crippen LogP contribution in [0.3, 0.4) is 0 Å². The number of pyridine rings is 1. The Kier molecular flexibility index (Phi) is 17.9. The van der Waals surface area contributed by atoms with Gasteiger partial charge in [-0.3, -0.25) is 34.0 Å². The Morgan fingerprint density at radius 1 is 0.843 bits per heavy atom. The number of hydrogen-bond donors (Lipinski definition) is 3. The monoisotopic (exact) mass is 1300 g/mol. The number of carbonyl (C=O) groups is 6. The molecule has 9 rings (SSSR count). The van der Waals surface area contributed by atoms with Crippen LogP contribution in [-0.2, 0) is 51.9 Å². The second-order valence-corrected chi connectivity index (χ2v) is 24.4. The zero-order chi connectivity index (χ0) is 59.6. The van der Waals surface area contributed by atoms with Crippen LogP contribution in [0.15, 0.2) is 117 Å². The van der Waals surface area contributed by atoms with Gasteiger partial charge >= 0.3 is 22.1 Å². The number of halogens is 2. The number of methoxy groups -OCH3 is 2. The fourth-order valence-electron chi connectivity index (χ4n) is 8.93. The highest BCUT2D eigenvalue weighted by atomic mass is 79.9. The minimum absolute atomic E-state index is 0.00488. The number of aromatic hydroxyl groups is 1. The fraction of sp³-hybridized carbons (Fsp3) is 0.140. The number of ether oxygens (including phenoxy) is 3. The number of carboxylic acid groups (broad SMARTS) is 1. The number of hydrogen-bond acceptors (Lipinski definition) is 18. The number of carbonyl (C=O) groups excluding carboxylic acids is 5. The molecule has 3 aliphatic rings. The van der Waals surface area contributed by atoms with Gasteiger partial charge in [0.05, 0.1) is 46.7 Å². The van der Waals surface area contributed by atoms with Gasteiger partial charge in [0.1, 0.15) is 19.3 Å². The zero-order valence-electron chi connectivity index (χ0n) is 43.8. The average Bonchev–Trinajstić information content (AvgIpc) is 4.23. The predicted octanol–water partition coefficient (Wildman–Crippen LogP) is 10.4. The Morgan fingerprint density at radius 2 is 1.55 bits per heavy atom. The second kappa shape index (κ2) is 24.9. The van der Waals surface area contributed by atoms with Crippen LogP contribution in [0.5, 0.6) is 23.1 Å². The minimum atomic E-state index is -4.43. The molecule has 2 aliphatic heterocycles. The van der Waals surface area contributed by atoms with E-state index in [2.05, 4.69) is 26.2 Å². The van der Waals surface area contributed by atoms with Gasteiger partial charge in [0.15, 0.2) is 24.0 Å². The van der Waals surface area contributed by atoms with E-state index < -0.39 is 40.4 Å². The van der Waals surface area contributed by atoms with Gasteiger partial charge in [-0.15, -0.1) is 0 Å². The number of aromatic nitrogens is 2. The summed E-state index contributed by atoms with van der Waals surface area (Å²) in [5.74, 6) is -4.00. The first-order chi connectivity index (χ1) is 39.5. The molecular formula is C57H43BrClN5O14S5. The van der Waals surface area contributed by atoms with Gasteiger partial charge in [-0.25, -0.2) is 9.59 Å². The van der Waals surface area contributed by atoms with Gasteiger partial charge in [-0.05, 0) is 126 Å². The van der Waals surface area contributed by atoms with E-state index in [1.807, 2.05) is 12.1 Å². The van der Waals surface area contributed by atoms with Crippen LogP contribution < -0.4 is 19.0 Å². The van der Waals surface area contributed by atoms with Crippen molar-refractivity contribution in [2.24, 2.45) is 0 Å². The third kappa shape index (κ3) is 13.0. The number of anilines is 1. The molecule has 2 saturated heterocycles. The molecule has 2 aromatic heterocycles. The van der Waals surface area contributed by atoms with Crippen LogP contribution in [0.1, 0.15) is 56.4 Å². The third-order valence-electron chi connectivity index (χ3n) is 12.8. The lowest BCUT2D eigenvalue weighted by atomic mass is 9.87. The van der Waals surface area contributed by atoms with Gasteiger partial charge in [0, 0.05) is 65.0 Å². The van der Waals surface area contributed by atoms with E-state index in [0.29, 0.717) is 52.8 Å². The highest BCUT2D eigenvalue weighted by Gasteiger charge is 2.35. The minimum Gasteiger partial charge on any atom is -0.494 e. The smallest absolute Gasteiger partial charge is 0.341 e. The number of thioether (sulfide) groups is 2. The molecule has 4 heterocycles. The van der Waals surface area contributed by atoms with Crippen LogP contribution in [0, 0.1) is 6.92 Å². The first kappa shape index (κ1) is 59.7. The maximum absolute atomic E-state index is 13.9. The number of nitrogens with zero attached hydrogens (tertiary/aromatic N) is 4. The van der Waals surface area contributed by atoms with Crippen molar-refractivity contribution in [3.8, 4) is 34.3 Å². The lowest BCUT2D eigenvalue weighted by molar-refractivity contribution is -0.139. The topological polar surface area (TPSA) is 250 Å². The SMILES string of the molecule is COC(=O)c1c(C=C2C(=O)C=Cc3cc(-c4cncc(CN5C(=O)C(=Cc6cc(Br)ccc6OCC(=O)O)SC5=S)c4)ccc32)c(O)n(CCN2C(=O)C(=Cc3cc(Cl)c(OS(=O)(=O)c4ccc(NC(C)=O)cc4)c(OC)c3)SC2=S)c1C. The van der Waals surface area contributed by atoms with E-state index in [9.17, 15) is 42.3 Å². The number of thiocarbonyl (C=S) groups is 2. The first-order valence-electron chi connectivity index (χ1n) is 24.4. The first-order valence-corrected chi connectivity index (χ1v) is 29.4. The third-order valence-corrected chi connectivity index (χ3v) is 17.6. The van der Waals surface area contributed by atoms with E-state index in [-0.39, 0.29) is 96.1 Å². The molecule has 3 N–H and O–H groups in total. The number of nitrogens with one attached hydrogen (secondary N) is 1. The lowest BCUT2D eigenvalue weighted by Gasteiger charge is -2.17. The van der Waals surface area contributed by atoms with E-state index in [0.717, 1.165) is 29.1 Å². The molecule has 19 nitrogen and oxygen atoms in total. The number of ketones is 1. The fourth-order valence-corrected chi connectivity index (χ4v) is 13.1. The maximum atomic E-state index is 13.9. The predicted molar refractivity (Wildman–Crippen MR) is 326 cm³/mol. The van der Waals surface area contributed by atoms with Gasteiger partial charge in [-0.2, -0.15) is 8.42 Å². The number of aliphatic carboxylic acids is 1. The van der Waals surface area contributed by atoms with E-state index >= 15 is 0 Å². The Balaban J connectivity index is 0.914. The van der Waals surface area contributed by atoms with Crippen molar-refractivity contribution in [1.82, 2.24) is 19.4 Å². The average molecular weight is 1300 g/mol. The number of carboxylic acids is 1. The van der Waals surface area contributed by atoms with Crippen LogP contribution in [0.25, 0.3) is 41.0 Å². The Hall–Kier alpha value is -7.91. The van der Waals surface area contributed by atoms with E-state index in [1.165, 1.54) is 90.1 Å². The molecule has 4 aromatic carbocycles. The van der Waals surface area contributed by atoms with Gasteiger partial charge in [0.2, 0.25) is 11.7 Å². The lowest BCUT2D eigenvalue weighted by Crippen LogP contribution is -2.31. The molecule has 0 spiro atoms.